The lowest BCUT2D eigenvalue weighted by atomic mass is 10.0. The van der Waals surface area contributed by atoms with Crippen molar-refractivity contribution < 1.29 is 0 Å². The summed E-state index contributed by atoms with van der Waals surface area (Å²) >= 11 is 0. The normalized spacial score (nSPS) is 16.5. The highest BCUT2D eigenvalue weighted by atomic mass is 14.9. The van der Waals surface area contributed by atoms with E-state index in [4.69, 9.17) is 0 Å². The Morgan fingerprint density at radius 3 is 1.85 bits per heavy atom. The van der Waals surface area contributed by atoms with Gasteiger partial charge in [-0.05, 0) is 25.3 Å². The third-order valence-corrected chi connectivity index (χ3v) is 4.71. The fourth-order valence-electron chi connectivity index (χ4n) is 3.23. The Morgan fingerprint density at radius 1 is 0.800 bits per heavy atom. The lowest BCUT2D eigenvalue weighted by Crippen LogP contribution is -2.29. The zero-order valence-corrected chi connectivity index (χ0v) is 14.3. The maximum absolute atomic E-state index is 3.68. The molecule has 0 radical (unpaired) electrons. The van der Waals surface area contributed by atoms with Crippen LogP contribution < -0.4 is 5.32 Å². The maximum atomic E-state index is 3.68. The lowest BCUT2D eigenvalue weighted by Gasteiger charge is -2.17. The monoisotopic (exact) mass is 281 g/mol. The van der Waals surface area contributed by atoms with E-state index in [2.05, 4.69) is 19.2 Å². The molecule has 0 aliphatic heterocycles. The van der Waals surface area contributed by atoms with Crippen LogP contribution in [0.4, 0.5) is 0 Å². The molecule has 1 fully saturated rings. The standard InChI is InChI=1S/C19H39N/c1-3-5-6-7-8-9-10-11-12-13-14-19(20-4-2)17-18-15-16-18/h18-20H,3-17H2,1-2H3. The van der Waals surface area contributed by atoms with Crippen molar-refractivity contribution in [1.82, 2.24) is 5.32 Å². The second-order valence-electron chi connectivity index (χ2n) is 6.90. The Balaban J connectivity index is 1.82. The first-order chi connectivity index (χ1) is 9.86. The molecule has 1 aliphatic rings. The van der Waals surface area contributed by atoms with Crippen molar-refractivity contribution in [3.05, 3.63) is 0 Å². The van der Waals surface area contributed by atoms with Crippen molar-refractivity contribution in [3.8, 4) is 0 Å². The summed E-state index contributed by atoms with van der Waals surface area (Å²) < 4.78 is 0. The van der Waals surface area contributed by atoms with Crippen LogP contribution in [0.2, 0.25) is 0 Å². The molecule has 0 aromatic carbocycles. The van der Waals surface area contributed by atoms with Gasteiger partial charge in [-0.15, -0.1) is 0 Å². The van der Waals surface area contributed by atoms with Crippen LogP contribution in [0.1, 0.15) is 104 Å². The Kier molecular flexibility index (Phi) is 11.4. The molecule has 20 heavy (non-hydrogen) atoms. The molecule has 0 spiro atoms. The molecular formula is C19H39N. The summed E-state index contributed by atoms with van der Waals surface area (Å²) in [7, 11) is 0. The van der Waals surface area contributed by atoms with Crippen LogP contribution in [0, 0.1) is 5.92 Å². The molecule has 1 N–H and O–H groups in total. The van der Waals surface area contributed by atoms with Crippen LogP contribution >= 0.6 is 0 Å². The molecule has 0 aromatic rings. The molecule has 1 nitrogen and oxygen atoms in total. The summed E-state index contributed by atoms with van der Waals surface area (Å²) in [4.78, 5) is 0. The highest BCUT2D eigenvalue weighted by Crippen LogP contribution is 2.34. The zero-order valence-electron chi connectivity index (χ0n) is 14.3. The van der Waals surface area contributed by atoms with Crippen LogP contribution in [-0.2, 0) is 0 Å². The summed E-state index contributed by atoms with van der Waals surface area (Å²) in [5.41, 5.74) is 0. The molecular weight excluding hydrogens is 242 g/mol. The molecule has 120 valence electrons. The summed E-state index contributed by atoms with van der Waals surface area (Å²) in [6.45, 7) is 5.69. The van der Waals surface area contributed by atoms with Gasteiger partial charge in [0.2, 0.25) is 0 Å². The molecule has 1 saturated carbocycles. The first kappa shape index (κ1) is 18.0. The van der Waals surface area contributed by atoms with Crippen molar-refractivity contribution in [2.24, 2.45) is 5.92 Å². The molecule has 0 amide bonds. The van der Waals surface area contributed by atoms with Crippen molar-refractivity contribution in [2.75, 3.05) is 6.54 Å². The van der Waals surface area contributed by atoms with E-state index in [1.807, 2.05) is 0 Å². The van der Waals surface area contributed by atoms with E-state index in [0.717, 1.165) is 18.5 Å². The first-order valence-electron chi connectivity index (χ1n) is 9.60. The molecule has 0 bridgehead atoms. The van der Waals surface area contributed by atoms with Crippen molar-refractivity contribution in [1.29, 1.82) is 0 Å². The third kappa shape index (κ3) is 10.7. The van der Waals surface area contributed by atoms with Crippen molar-refractivity contribution in [2.45, 2.75) is 110 Å². The van der Waals surface area contributed by atoms with E-state index in [9.17, 15) is 0 Å². The highest BCUT2D eigenvalue weighted by Gasteiger charge is 2.24. The van der Waals surface area contributed by atoms with Crippen molar-refractivity contribution >= 4 is 0 Å². The summed E-state index contributed by atoms with van der Waals surface area (Å²) in [6.07, 6.45) is 20.4. The third-order valence-electron chi connectivity index (χ3n) is 4.71. The van der Waals surface area contributed by atoms with Crippen molar-refractivity contribution in [3.63, 3.8) is 0 Å². The lowest BCUT2D eigenvalue weighted by molar-refractivity contribution is 0.420. The van der Waals surface area contributed by atoms with Gasteiger partial charge in [0, 0.05) is 6.04 Å². The van der Waals surface area contributed by atoms with Gasteiger partial charge in [0.15, 0.2) is 0 Å². The number of unbranched alkanes of at least 4 members (excludes halogenated alkanes) is 9. The Labute approximate surface area is 128 Å². The average Bonchev–Trinajstić information content (AvgIpc) is 3.25. The molecule has 0 saturated heterocycles. The number of nitrogens with one attached hydrogen (secondary N) is 1. The Morgan fingerprint density at radius 2 is 1.35 bits per heavy atom. The Hall–Kier alpha value is -0.0400. The van der Waals surface area contributed by atoms with Gasteiger partial charge in [-0.1, -0.05) is 90.9 Å². The first-order valence-corrected chi connectivity index (χ1v) is 9.60. The van der Waals surface area contributed by atoms with Gasteiger partial charge in [-0.3, -0.25) is 0 Å². The van der Waals surface area contributed by atoms with E-state index < -0.39 is 0 Å². The summed E-state index contributed by atoms with van der Waals surface area (Å²) in [5, 5.41) is 3.68. The second-order valence-corrected chi connectivity index (χ2v) is 6.90. The van der Waals surface area contributed by atoms with Gasteiger partial charge >= 0.3 is 0 Å². The summed E-state index contributed by atoms with van der Waals surface area (Å²) in [5.74, 6) is 1.07. The average molecular weight is 282 g/mol. The SMILES string of the molecule is CCCCCCCCCCCCC(CC1CC1)NCC. The number of hydrogen-bond acceptors (Lipinski definition) is 1. The fraction of sp³-hybridized carbons (Fsp3) is 1.00. The zero-order chi connectivity index (χ0) is 14.5. The van der Waals surface area contributed by atoms with E-state index in [-0.39, 0.29) is 0 Å². The van der Waals surface area contributed by atoms with Gasteiger partial charge in [0.25, 0.3) is 0 Å². The number of hydrogen-bond donors (Lipinski definition) is 1. The van der Waals surface area contributed by atoms with E-state index in [0.29, 0.717) is 0 Å². The van der Waals surface area contributed by atoms with Gasteiger partial charge < -0.3 is 5.32 Å². The second kappa shape index (κ2) is 12.7. The predicted octanol–water partition coefficient (Wildman–Crippen LogP) is 6.08. The predicted molar refractivity (Wildman–Crippen MR) is 91.3 cm³/mol. The van der Waals surface area contributed by atoms with Crippen LogP contribution in [0.25, 0.3) is 0 Å². The van der Waals surface area contributed by atoms with Crippen LogP contribution in [0.15, 0.2) is 0 Å². The minimum Gasteiger partial charge on any atom is -0.314 e. The molecule has 0 heterocycles. The molecule has 0 aromatic heterocycles. The minimum atomic E-state index is 0.821. The fourth-order valence-corrected chi connectivity index (χ4v) is 3.23. The largest absolute Gasteiger partial charge is 0.314 e. The maximum Gasteiger partial charge on any atom is 0.00695 e. The van der Waals surface area contributed by atoms with Crippen LogP contribution in [-0.4, -0.2) is 12.6 Å². The van der Waals surface area contributed by atoms with Gasteiger partial charge in [-0.25, -0.2) is 0 Å². The molecule has 1 heteroatoms. The van der Waals surface area contributed by atoms with E-state index >= 15 is 0 Å². The Bertz CT molecular complexity index is 198. The highest BCUT2D eigenvalue weighted by molar-refractivity contribution is 4.79. The number of rotatable bonds is 15. The molecule has 1 aliphatic carbocycles. The van der Waals surface area contributed by atoms with Crippen LogP contribution in [0.5, 0.6) is 0 Å². The molecule has 1 unspecified atom stereocenters. The smallest absolute Gasteiger partial charge is 0.00695 e. The molecule has 1 atom stereocenters. The quantitative estimate of drug-likeness (QED) is 0.359. The van der Waals surface area contributed by atoms with Crippen LogP contribution in [0.3, 0.4) is 0 Å². The molecule has 1 rings (SSSR count). The van der Waals surface area contributed by atoms with Gasteiger partial charge in [0.05, 0.1) is 0 Å². The van der Waals surface area contributed by atoms with E-state index in [1.54, 1.807) is 0 Å². The summed E-state index contributed by atoms with van der Waals surface area (Å²) in [6, 6.07) is 0.821. The van der Waals surface area contributed by atoms with Gasteiger partial charge in [-0.2, -0.15) is 0 Å². The topological polar surface area (TPSA) is 12.0 Å². The minimum absolute atomic E-state index is 0.821. The van der Waals surface area contributed by atoms with Gasteiger partial charge in [0.1, 0.15) is 0 Å². The van der Waals surface area contributed by atoms with E-state index in [1.165, 1.54) is 89.9 Å².